The number of rotatable bonds is 5. The first-order valence-electron chi connectivity index (χ1n) is 9.00. The van der Waals surface area contributed by atoms with Gasteiger partial charge in [-0.1, -0.05) is 65.8 Å². The molecule has 0 saturated carbocycles. The van der Waals surface area contributed by atoms with Crippen LogP contribution in [0.2, 0.25) is 12.1 Å². The van der Waals surface area contributed by atoms with Crippen molar-refractivity contribution in [2.75, 3.05) is 4.90 Å². The lowest BCUT2D eigenvalue weighted by Crippen LogP contribution is -2.35. The normalized spacial score (nSPS) is 19.3. The highest BCUT2D eigenvalue weighted by atomic mass is 16.2. The molecule has 0 aliphatic carbocycles. The standard InChI is InChI=1S/C20H30BNO2/c1-13(2)16-12-17(23)22(18(16)24)15-10-8-14(9-11-15)19(3,4)20(5,6)21-7/h8-11,13,16,21H,12H2,1-7H3. The molecule has 1 aliphatic rings. The van der Waals surface area contributed by atoms with Crippen molar-refractivity contribution in [2.24, 2.45) is 11.8 Å². The Morgan fingerprint density at radius 1 is 1.08 bits per heavy atom. The summed E-state index contributed by atoms with van der Waals surface area (Å²) in [6.07, 6.45) is 0.326. The maximum absolute atomic E-state index is 12.6. The predicted molar refractivity (Wildman–Crippen MR) is 102 cm³/mol. The summed E-state index contributed by atoms with van der Waals surface area (Å²) in [5, 5.41) is 0.163. The predicted octanol–water partition coefficient (Wildman–Crippen LogP) is 4.18. The molecule has 4 heteroatoms. The van der Waals surface area contributed by atoms with E-state index in [2.05, 4.69) is 46.7 Å². The van der Waals surface area contributed by atoms with Gasteiger partial charge in [-0.05, 0) is 29.0 Å². The maximum atomic E-state index is 12.6. The van der Waals surface area contributed by atoms with E-state index in [1.807, 2.05) is 26.0 Å². The van der Waals surface area contributed by atoms with E-state index in [1.54, 1.807) is 0 Å². The summed E-state index contributed by atoms with van der Waals surface area (Å²) >= 11 is 0. The molecule has 1 aromatic rings. The van der Waals surface area contributed by atoms with Gasteiger partial charge in [0.05, 0.1) is 11.6 Å². The summed E-state index contributed by atoms with van der Waals surface area (Å²) < 4.78 is 0. The summed E-state index contributed by atoms with van der Waals surface area (Å²) in [4.78, 5) is 26.2. The molecule has 0 radical (unpaired) electrons. The first-order valence-corrected chi connectivity index (χ1v) is 9.00. The Morgan fingerprint density at radius 2 is 1.62 bits per heavy atom. The molecular formula is C20H30BNO2. The molecule has 1 aromatic carbocycles. The van der Waals surface area contributed by atoms with Crippen LogP contribution < -0.4 is 4.90 Å². The highest BCUT2D eigenvalue weighted by Crippen LogP contribution is 2.46. The summed E-state index contributed by atoms with van der Waals surface area (Å²) in [5.74, 6) is -0.141. The summed E-state index contributed by atoms with van der Waals surface area (Å²) in [6, 6.07) is 7.97. The molecule has 3 nitrogen and oxygen atoms in total. The number of carbonyl (C=O) groups is 2. The number of benzene rings is 1. The average Bonchev–Trinajstić information content (AvgIpc) is 2.82. The van der Waals surface area contributed by atoms with Gasteiger partial charge in [-0.3, -0.25) is 14.5 Å². The van der Waals surface area contributed by atoms with Crippen molar-refractivity contribution in [3.05, 3.63) is 29.8 Å². The van der Waals surface area contributed by atoms with Crippen LogP contribution in [0.1, 0.15) is 53.5 Å². The zero-order chi connectivity index (χ0) is 18.3. The van der Waals surface area contributed by atoms with Gasteiger partial charge in [0.25, 0.3) is 0 Å². The number of amides is 2. The number of anilines is 1. The van der Waals surface area contributed by atoms with Crippen molar-refractivity contribution in [3.8, 4) is 0 Å². The zero-order valence-electron chi connectivity index (χ0n) is 16.1. The van der Waals surface area contributed by atoms with Gasteiger partial charge in [-0.25, -0.2) is 0 Å². The molecule has 1 fully saturated rings. The second-order valence-electron chi connectivity index (χ2n) is 8.53. The van der Waals surface area contributed by atoms with Crippen LogP contribution in [0.15, 0.2) is 24.3 Å². The van der Waals surface area contributed by atoms with Gasteiger partial charge < -0.3 is 0 Å². The zero-order valence-corrected chi connectivity index (χ0v) is 16.1. The van der Waals surface area contributed by atoms with Gasteiger partial charge in [0.1, 0.15) is 7.28 Å². The Kier molecular flexibility index (Phi) is 4.99. The van der Waals surface area contributed by atoms with Gasteiger partial charge in [0.2, 0.25) is 11.8 Å². The van der Waals surface area contributed by atoms with Gasteiger partial charge in [-0.15, -0.1) is 0 Å². The van der Waals surface area contributed by atoms with E-state index in [1.165, 1.54) is 10.5 Å². The van der Waals surface area contributed by atoms with Crippen molar-refractivity contribution in [1.29, 1.82) is 0 Å². The lowest BCUT2D eigenvalue weighted by Gasteiger charge is -2.41. The highest BCUT2D eigenvalue weighted by Gasteiger charge is 2.41. The number of carbonyl (C=O) groups excluding carboxylic acids is 2. The van der Waals surface area contributed by atoms with E-state index in [0.29, 0.717) is 12.1 Å². The fourth-order valence-electron chi connectivity index (χ4n) is 3.31. The Morgan fingerprint density at radius 3 is 2.04 bits per heavy atom. The van der Waals surface area contributed by atoms with Crippen LogP contribution in [0.25, 0.3) is 0 Å². The Bertz CT molecular complexity index is 632. The third-order valence-corrected chi connectivity index (χ3v) is 6.41. The third-order valence-electron chi connectivity index (χ3n) is 6.41. The quantitative estimate of drug-likeness (QED) is 0.601. The minimum Gasteiger partial charge on any atom is -0.274 e. The summed E-state index contributed by atoms with van der Waals surface area (Å²) in [5.41, 5.74) is 1.94. The number of nitrogens with zero attached hydrogens (tertiary/aromatic N) is 1. The monoisotopic (exact) mass is 327 g/mol. The lowest BCUT2D eigenvalue weighted by molar-refractivity contribution is -0.122. The molecule has 1 unspecified atom stereocenters. The topological polar surface area (TPSA) is 37.4 Å². The van der Waals surface area contributed by atoms with Gasteiger partial charge in [-0.2, -0.15) is 0 Å². The largest absolute Gasteiger partial charge is 0.274 e. The van der Waals surface area contributed by atoms with E-state index >= 15 is 0 Å². The average molecular weight is 327 g/mol. The third kappa shape index (κ3) is 3.03. The molecule has 1 atom stereocenters. The van der Waals surface area contributed by atoms with Gasteiger partial charge >= 0.3 is 0 Å². The highest BCUT2D eigenvalue weighted by molar-refractivity contribution is 6.38. The molecule has 0 aromatic heterocycles. The molecule has 2 amide bonds. The Hall–Kier alpha value is -1.58. The second kappa shape index (κ2) is 6.38. The van der Waals surface area contributed by atoms with Crippen LogP contribution in [0, 0.1) is 11.8 Å². The van der Waals surface area contributed by atoms with Crippen molar-refractivity contribution in [3.63, 3.8) is 0 Å². The van der Waals surface area contributed by atoms with Crippen LogP contribution in [0.4, 0.5) is 5.69 Å². The van der Waals surface area contributed by atoms with E-state index in [4.69, 9.17) is 0 Å². The summed E-state index contributed by atoms with van der Waals surface area (Å²) in [7, 11) is 1.08. The molecule has 2 rings (SSSR count). The van der Waals surface area contributed by atoms with Crippen molar-refractivity contribution in [1.82, 2.24) is 0 Å². The minimum atomic E-state index is -0.187. The molecule has 0 N–H and O–H groups in total. The van der Waals surface area contributed by atoms with Gasteiger partial charge in [0.15, 0.2) is 0 Å². The molecule has 1 heterocycles. The van der Waals surface area contributed by atoms with Crippen molar-refractivity contribution in [2.45, 2.75) is 65.5 Å². The Balaban J connectivity index is 2.31. The van der Waals surface area contributed by atoms with Gasteiger partial charge in [0, 0.05) is 6.42 Å². The van der Waals surface area contributed by atoms with E-state index in [-0.39, 0.29) is 34.4 Å². The molecule has 1 aliphatic heterocycles. The lowest BCUT2D eigenvalue weighted by atomic mass is 9.44. The van der Waals surface area contributed by atoms with Crippen LogP contribution in [0.3, 0.4) is 0 Å². The smallest absolute Gasteiger partial charge is 0.237 e. The maximum Gasteiger partial charge on any atom is 0.237 e. The van der Waals surface area contributed by atoms with Crippen molar-refractivity contribution < 1.29 is 9.59 Å². The minimum absolute atomic E-state index is 0.0137. The molecule has 0 bridgehead atoms. The van der Waals surface area contributed by atoms with Crippen LogP contribution in [-0.2, 0) is 15.0 Å². The second-order valence-corrected chi connectivity index (χ2v) is 8.53. The summed E-state index contributed by atoms with van der Waals surface area (Å²) in [6.45, 7) is 15.3. The molecular weight excluding hydrogens is 297 g/mol. The van der Waals surface area contributed by atoms with E-state index in [9.17, 15) is 9.59 Å². The van der Waals surface area contributed by atoms with E-state index < -0.39 is 0 Å². The molecule has 0 spiro atoms. The first kappa shape index (κ1) is 18.8. The van der Waals surface area contributed by atoms with Crippen molar-refractivity contribution >= 4 is 24.8 Å². The molecule has 24 heavy (non-hydrogen) atoms. The van der Waals surface area contributed by atoms with Crippen LogP contribution >= 0.6 is 0 Å². The Labute approximate surface area is 147 Å². The first-order chi connectivity index (χ1) is 11.0. The van der Waals surface area contributed by atoms with Crippen LogP contribution in [0.5, 0.6) is 0 Å². The van der Waals surface area contributed by atoms with Crippen LogP contribution in [-0.4, -0.2) is 19.1 Å². The number of imide groups is 1. The fourth-order valence-corrected chi connectivity index (χ4v) is 3.31. The molecule has 1 saturated heterocycles. The molecule has 130 valence electrons. The number of hydrogen-bond acceptors (Lipinski definition) is 2. The van der Waals surface area contributed by atoms with E-state index in [0.717, 1.165) is 7.28 Å². The SMILES string of the molecule is CBC(C)(C)C(C)(C)c1ccc(N2C(=O)CC(C(C)C)C2=O)cc1. The number of hydrogen-bond donors (Lipinski definition) is 0. The fraction of sp³-hybridized carbons (Fsp3) is 0.600.